The van der Waals surface area contributed by atoms with Crippen LogP contribution in [-0.4, -0.2) is 15.0 Å². The minimum atomic E-state index is -0.266. The molecule has 0 fully saturated rings. The van der Waals surface area contributed by atoms with Gasteiger partial charge in [0.1, 0.15) is 11.6 Å². The molecule has 5 heteroatoms. The highest BCUT2D eigenvalue weighted by molar-refractivity contribution is 7.79. The molecule has 0 atom stereocenters. The zero-order valence-corrected chi connectivity index (χ0v) is 15.7. The van der Waals surface area contributed by atoms with Gasteiger partial charge in [-0.15, -0.1) is 0 Å². The maximum absolute atomic E-state index is 13.3. The third-order valence-corrected chi connectivity index (χ3v) is 4.78. The third-order valence-electron chi connectivity index (χ3n) is 4.42. The first-order valence-electron chi connectivity index (χ1n) is 8.63. The average molecular weight is 375 g/mol. The molecule has 4 aromatic rings. The second kappa shape index (κ2) is 7.37. The summed E-state index contributed by atoms with van der Waals surface area (Å²) in [7, 11) is 0. The standard InChI is InChI=1S/C22H18FN3S/c1-14-12-18(10-11-24-14)21-20(16-4-2-15(13-27)3-5-16)25-22(26-21)17-6-8-19(23)9-7-17/h2-12,27H,13H2,1H3,(H,25,26). The van der Waals surface area contributed by atoms with E-state index in [0.29, 0.717) is 11.6 Å². The molecule has 0 unspecified atom stereocenters. The number of aromatic amines is 1. The van der Waals surface area contributed by atoms with Crippen LogP contribution in [0.4, 0.5) is 4.39 Å². The van der Waals surface area contributed by atoms with Gasteiger partial charge in [-0.05, 0) is 48.9 Å². The first-order chi connectivity index (χ1) is 13.1. The van der Waals surface area contributed by atoms with Crippen LogP contribution >= 0.6 is 12.6 Å². The summed E-state index contributed by atoms with van der Waals surface area (Å²) in [5, 5.41) is 0. The molecule has 0 aliphatic heterocycles. The van der Waals surface area contributed by atoms with Crippen molar-refractivity contribution in [2.45, 2.75) is 12.7 Å². The van der Waals surface area contributed by atoms with Crippen molar-refractivity contribution in [2.24, 2.45) is 0 Å². The summed E-state index contributed by atoms with van der Waals surface area (Å²) < 4.78 is 13.3. The van der Waals surface area contributed by atoms with Crippen LogP contribution in [0.25, 0.3) is 33.9 Å². The molecular weight excluding hydrogens is 357 g/mol. The van der Waals surface area contributed by atoms with E-state index in [1.54, 1.807) is 18.3 Å². The molecular formula is C22H18FN3S. The Balaban J connectivity index is 1.87. The fourth-order valence-electron chi connectivity index (χ4n) is 3.00. The van der Waals surface area contributed by atoms with Gasteiger partial charge >= 0.3 is 0 Å². The number of aryl methyl sites for hydroxylation is 1. The summed E-state index contributed by atoms with van der Waals surface area (Å²) in [6.45, 7) is 1.96. The van der Waals surface area contributed by atoms with Crippen LogP contribution in [0.5, 0.6) is 0 Å². The molecule has 3 nitrogen and oxygen atoms in total. The summed E-state index contributed by atoms with van der Waals surface area (Å²) >= 11 is 4.32. The number of pyridine rings is 1. The second-order valence-corrected chi connectivity index (χ2v) is 6.67. The van der Waals surface area contributed by atoms with E-state index in [1.807, 2.05) is 31.2 Å². The Morgan fingerprint density at radius 3 is 2.30 bits per heavy atom. The first kappa shape index (κ1) is 17.5. The third kappa shape index (κ3) is 3.64. The van der Waals surface area contributed by atoms with Gasteiger partial charge in [0.05, 0.1) is 11.4 Å². The smallest absolute Gasteiger partial charge is 0.138 e. The predicted molar refractivity (Wildman–Crippen MR) is 110 cm³/mol. The minimum Gasteiger partial charge on any atom is -0.337 e. The lowest BCUT2D eigenvalue weighted by molar-refractivity contribution is 0.628. The number of thiol groups is 1. The van der Waals surface area contributed by atoms with Gasteiger partial charge in [-0.1, -0.05) is 24.3 Å². The Kier molecular flexibility index (Phi) is 4.77. The van der Waals surface area contributed by atoms with E-state index in [1.165, 1.54) is 12.1 Å². The Morgan fingerprint density at radius 1 is 0.926 bits per heavy atom. The summed E-state index contributed by atoms with van der Waals surface area (Å²) in [6.07, 6.45) is 1.79. The number of benzene rings is 2. The fourth-order valence-corrected chi connectivity index (χ4v) is 3.22. The zero-order valence-electron chi connectivity index (χ0n) is 14.8. The van der Waals surface area contributed by atoms with E-state index in [4.69, 9.17) is 4.98 Å². The largest absolute Gasteiger partial charge is 0.337 e. The fraction of sp³-hybridized carbons (Fsp3) is 0.0909. The summed E-state index contributed by atoms with van der Waals surface area (Å²) in [4.78, 5) is 12.5. The Bertz CT molecular complexity index is 1070. The highest BCUT2D eigenvalue weighted by Gasteiger charge is 2.15. The molecule has 0 spiro atoms. The van der Waals surface area contributed by atoms with E-state index in [9.17, 15) is 4.39 Å². The molecule has 2 heterocycles. The maximum Gasteiger partial charge on any atom is 0.138 e. The first-order valence-corrected chi connectivity index (χ1v) is 9.26. The van der Waals surface area contributed by atoms with Crippen molar-refractivity contribution in [3.8, 4) is 33.9 Å². The number of nitrogens with one attached hydrogen (secondary N) is 1. The lowest BCUT2D eigenvalue weighted by atomic mass is 10.0. The van der Waals surface area contributed by atoms with E-state index in [2.05, 4.69) is 34.7 Å². The topological polar surface area (TPSA) is 41.6 Å². The van der Waals surface area contributed by atoms with Gasteiger partial charge in [0.15, 0.2) is 0 Å². The number of nitrogens with zero attached hydrogens (tertiary/aromatic N) is 2. The molecule has 2 aromatic heterocycles. The number of halogens is 1. The summed E-state index contributed by atoms with van der Waals surface area (Å²) in [5.41, 5.74) is 6.71. The van der Waals surface area contributed by atoms with Gasteiger partial charge < -0.3 is 4.98 Å². The van der Waals surface area contributed by atoms with Gasteiger partial charge in [0, 0.05) is 34.3 Å². The molecule has 2 aromatic carbocycles. The van der Waals surface area contributed by atoms with Crippen LogP contribution in [0.15, 0.2) is 66.9 Å². The van der Waals surface area contributed by atoms with Crippen LogP contribution in [0.3, 0.4) is 0 Å². The van der Waals surface area contributed by atoms with Crippen LogP contribution in [0, 0.1) is 12.7 Å². The van der Waals surface area contributed by atoms with Crippen LogP contribution in [-0.2, 0) is 5.75 Å². The molecule has 134 valence electrons. The zero-order chi connectivity index (χ0) is 18.8. The number of aromatic nitrogens is 3. The van der Waals surface area contributed by atoms with Crippen molar-refractivity contribution >= 4 is 12.6 Å². The maximum atomic E-state index is 13.3. The molecule has 4 rings (SSSR count). The number of rotatable bonds is 4. The Labute approximate surface area is 162 Å². The molecule has 0 aliphatic carbocycles. The predicted octanol–water partition coefficient (Wildman–Crippen LogP) is 5.68. The van der Waals surface area contributed by atoms with Crippen molar-refractivity contribution < 1.29 is 4.39 Å². The van der Waals surface area contributed by atoms with E-state index < -0.39 is 0 Å². The molecule has 0 aliphatic rings. The Morgan fingerprint density at radius 2 is 1.63 bits per heavy atom. The van der Waals surface area contributed by atoms with E-state index in [0.717, 1.165) is 39.3 Å². The van der Waals surface area contributed by atoms with Crippen LogP contribution in [0.2, 0.25) is 0 Å². The molecule has 0 radical (unpaired) electrons. The monoisotopic (exact) mass is 375 g/mol. The van der Waals surface area contributed by atoms with Crippen LogP contribution in [0.1, 0.15) is 11.3 Å². The number of hydrogen-bond donors (Lipinski definition) is 2. The van der Waals surface area contributed by atoms with Gasteiger partial charge in [-0.2, -0.15) is 12.6 Å². The van der Waals surface area contributed by atoms with Crippen molar-refractivity contribution in [1.82, 2.24) is 15.0 Å². The van der Waals surface area contributed by atoms with Crippen molar-refractivity contribution in [3.05, 3.63) is 83.9 Å². The highest BCUT2D eigenvalue weighted by Crippen LogP contribution is 2.33. The minimum absolute atomic E-state index is 0.266. The summed E-state index contributed by atoms with van der Waals surface area (Å²) in [6, 6.07) is 18.5. The van der Waals surface area contributed by atoms with E-state index in [-0.39, 0.29) is 5.82 Å². The molecule has 0 saturated heterocycles. The van der Waals surface area contributed by atoms with E-state index >= 15 is 0 Å². The van der Waals surface area contributed by atoms with Gasteiger partial charge in [0.25, 0.3) is 0 Å². The quantitative estimate of drug-likeness (QED) is 0.450. The highest BCUT2D eigenvalue weighted by atomic mass is 32.1. The average Bonchev–Trinajstić information content (AvgIpc) is 3.14. The summed E-state index contributed by atoms with van der Waals surface area (Å²) in [5.74, 6) is 1.13. The molecule has 0 amide bonds. The van der Waals surface area contributed by atoms with Gasteiger partial charge in [-0.3, -0.25) is 4.98 Å². The molecule has 27 heavy (non-hydrogen) atoms. The van der Waals surface area contributed by atoms with Gasteiger partial charge in [0.2, 0.25) is 0 Å². The number of H-pyrrole nitrogens is 1. The number of hydrogen-bond acceptors (Lipinski definition) is 3. The van der Waals surface area contributed by atoms with Crippen LogP contribution < -0.4 is 0 Å². The van der Waals surface area contributed by atoms with Gasteiger partial charge in [-0.25, -0.2) is 9.37 Å². The second-order valence-electron chi connectivity index (χ2n) is 6.36. The van der Waals surface area contributed by atoms with Crippen molar-refractivity contribution in [3.63, 3.8) is 0 Å². The normalized spacial score (nSPS) is 10.9. The number of imidazole rings is 1. The van der Waals surface area contributed by atoms with Crippen molar-refractivity contribution in [2.75, 3.05) is 0 Å². The molecule has 0 bridgehead atoms. The molecule has 0 saturated carbocycles. The SMILES string of the molecule is Cc1cc(-c2[nH]c(-c3ccc(F)cc3)nc2-c2ccc(CS)cc2)ccn1. The Hall–Kier alpha value is -2.92. The van der Waals surface area contributed by atoms with Crippen molar-refractivity contribution in [1.29, 1.82) is 0 Å². The molecule has 1 N–H and O–H groups in total. The lowest BCUT2D eigenvalue weighted by Crippen LogP contribution is -1.87. The lowest BCUT2D eigenvalue weighted by Gasteiger charge is -2.05.